The molecule has 0 fully saturated rings. The zero-order valence-electron chi connectivity index (χ0n) is 9.13. The Labute approximate surface area is 98.7 Å². The highest BCUT2D eigenvalue weighted by Gasteiger charge is 2.05. The Balaban J connectivity index is 2.40. The molecule has 0 spiro atoms. The van der Waals surface area contributed by atoms with E-state index >= 15 is 0 Å². The maximum absolute atomic E-state index is 10.6. The normalized spacial score (nSPS) is 10.1. The molecule has 4 heteroatoms. The zero-order valence-corrected chi connectivity index (χ0v) is 9.13. The van der Waals surface area contributed by atoms with Crippen molar-refractivity contribution >= 4 is 11.7 Å². The SMILES string of the molecule is Nc1ccncc1-c1cccc(CC(=O)O)c1. The van der Waals surface area contributed by atoms with Crippen molar-refractivity contribution in [3.63, 3.8) is 0 Å². The molecule has 1 heterocycles. The number of benzene rings is 1. The van der Waals surface area contributed by atoms with Crippen LogP contribution < -0.4 is 5.73 Å². The van der Waals surface area contributed by atoms with Crippen LogP contribution in [0.3, 0.4) is 0 Å². The molecule has 0 unspecified atom stereocenters. The molecule has 2 aromatic rings. The topological polar surface area (TPSA) is 76.2 Å². The minimum absolute atomic E-state index is 0.00794. The van der Waals surface area contributed by atoms with Gasteiger partial charge in [-0.25, -0.2) is 0 Å². The molecule has 17 heavy (non-hydrogen) atoms. The van der Waals surface area contributed by atoms with E-state index in [4.69, 9.17) is 10.8 Å². The maximum Gasteiger partial charge on any atom is 0.307 e. The van der Waals surface area contributed by atoms with E-state index in [0.29, 0.717) is 5.69 Å². The lowest BCUT2D eigenvalue weighted by Gasteiger charge is -2.06. The quantitative estimate of drug-likeness (QED) is 0.841. The van der Waals surface area contributed by atoms with Crippen molar-refractivity contribution in [3.05, 3.63) is 48.3 Å². The van der Waals surface area contributed by atoms with Gasteiger partial charge < -0.3 is 10.8 Å². The first kappa shape index (κ1) is 11.1. The van der Waals surface area contributed by atoms with E-state index in [1.807, 2.05) is 18.2 Å². The number of pyridine rings is 1. The number of carboxylic acid groups (broad SMARTS) is 1. The molecule has 0 saturated heterocycles. The highest BCUT2D eigenvalue weighted by molar-refractivity contribution is 5.77. The number of aliphatic carboxylic acids is 1. The molecule has 0 radical (unpaired) electrons. The number of carboxylic acids is 1. The van der Waals surface area contributed by atoms with Crippen molar-refractivity contribution in [2.45, 2.75) is 6.42 Å². The fourth-order valence-electron chi connectivity index (χ4n) is 1.67. The van der Waals surface area contributed by atoms with Gasteiger partial charge in [0.05, 0.1) is 6.42 Å². The molecule has 0 aliphatic carbocycles. The molecule has 86 valence electrons. The number of nitrogens with zero attached hydrogens (tertiary/aromatic N) is 1. The number of nitrogen functional groups attached to an aromatic ring is 1. The minimum atomic E-state index is -0.846. The number of hydrogen-bond donors (Lipinski definition) is 2. The highest BCUT2D eigenvalue weighted by atomic mass is 16.4. The van der Waals surface area contributed by atoms with Crippen LogP contribution >= 0.6 is 0 Å². The number of carbonyl (C=O) groups is 1. The molecule has 0 aliphatic heterocycles. The first-order valence-electron chi connectivity index (χ1n) is 5.17. The summed E-state index contributed by atoms with van der Waals surface area (Å²) in [6, 6.07) is 9.03. The van der Waals surface area contributed by atoms with E-state index in [1.54, 1.807) is 24.5 Å². The average molecular weight is 228 g/mol. The van der Waals surface area contributed by atoms with Gasteiger partial charge in [0.2, 0.25) is 0 Å². The standard InChI is InChI=1S/C13H12N2O2/c14-12-4-5-15-8-11(12)10-3-1-2-9(6-10)7-13(16)17/h1-6,8H,7H2,(H2,14,15)(H,16,17). The molecule has 1 aromatic heterocycles. The molecule has 4 nitrogen and oxygen atoms in total. The number of aromatic nitrogens is 1. The van der Waals surface area contributed by atoms with Crippen LogP contribution in [0.25, 0.3) is 11.1 Å². The van der Waals surface area contributed by atoms with E-state index < -0.39 is 5.97 Å². The molecule has 3 N–H and O–H groups in total. The maximum atomic E-state index is 10.6. The van der Waals surface area contributed by atoms with Gasteiger partial charge in [-0.1, -0.05) is 24.3 Å². The van der Waals surface area contributed by atoms with Crippen LogP contribution in [-0.4, -0.2) is 16.1 Å². The minimum Gasteiger partial charge on any atom is -0.481 e. The summed E-state index contributed by atoms with van der Waals surface area (Å²) in [5.74, 6) is -0.846. The summed E-state index contributed by atoms with van der Waals surface area (Å²) in [5, 5.41) is 8.75. The van der Waals surface area contributed by atoms with Crippen molar-refractivity contribution in [3.8, 4) is 11.1 Å². The summed E-state index contributed by atoms with van der Waals surface area (Å²) in [5.41, 5.74) is 8.93. The van der Waals surface area contributed by atoms with Gasteiger partial charge in [-0.3, -0.25) is 9.78 Å². The van der Waals surface area contributed by atoms with Crippen molar-refractivity contribution in [1.29, 1.82) is 0 Å². The molecule has 0 saturated carbocycles. The molecule has 1 aromatic carbocycles. The van der Waals surface area contributed by atoms with E-state index in [-0.39, 0.29) is 6.42 Å². The third kappa shape index (κ3) is 2.60. The lowest BCUT2D eigenvalue weighted by molar-refractivity contribution is -0.136. The second-order valence-electron chi connectivity index (χ2n) is 3.73. The van der Waals surface area contributed by atoms with Gasteiger partial charge in [0.25, 0.3) is 0 Å². The Bertz CT molecular complexity index is 553. The average Bonchev–Trinajstić information content (AvgIpc) is 2.29. The van der Waals surface area contributed by atoms with Crippen LogP contribution in [0.5, 0.6) is 0 Å². The van der Waals surface area contributed by atoms with E-state index in [0.717, 1.165) is 16.7 Å². The second-order valence-corrected chi connectivity index (χ2v) is 3.73. The predicted octanol–water partition coefficient (Wildman–Crippen LogP) is 1.96. The molecule has 0 bridgehead atoms. The van der Waals surface area contributed by atoms with Gasteiger partial charge in [0.15, 0.2) is 0 Å². The van der Waals surface area contributed by atoms with E-state index in [9.17, 15) is 4.79 Å². The molecule has 2 rings (SSSR count). The second kappa shape index (κ2) is 4.65. The Morgan fingerprint density at radius 2 is 2.18 bits per heavy atom. The molecular weight excluding hydrogens is 216 g/mol. The van der Waals surface area contributed by atoms with Gasteiger partial charge in [-0.15, -0.1) is 0 Å². The Hall–Kier alpha value is -2.36. The monoisotopic (exact) mass is 228 g/mol. The van der Waals surface area contributed by atoms with Gasteiger partial charge in [-0.05, 0) is 17.2 Å². The van der Waals surface area contributed by atoms with Crippen molar-refractivity contribution < 1.29 is 9.90 Å². The third-order valence-electron chi connectivity index (χ3n) is 2.45. The zero-order chi connectivity index (χ0) is 12.3. The summed E-state index contributed by atoms with van der Waals surface area (Å²) in [4.78, 5) is 14.7. The summed E-state index contributed by atoms with van der Waals surface area (Å²) < 4.78 is 0. The molecule has 0 aliphatic rings. The highest BCUT2D eigenvalue weighted by Crippen LogP contribution is 2.25. The van der Waals surface area contributed by atoms with Crippen molar-refractivity contribution in [1.82, 2.24) is 4.98 Å². The van der Waals surface area contributed by atoms with Crippen LogP contribution in [0.1, 0.15) is 5.56 Å². The Morgan fingerprint density at radius 1 is 1.35 bits per heavy atom. The first-order valence-corrected chi connectivity index (χ1v) is 5.17. The largest absolute Gasteiger partial charge is 0.481 e. The fourth-order valence-corrected chi connectivity index (χ4v) is 1.67. The first-order chi connectivity index (χ1) is 8.16. The summed E-state index contributed by atoms with van der Waals surface area (Å²) in [7, 11) is 0. The number of anilines is 1. The smallest absolute Gasteiger partial charge is 0.307 e. The van der Waals surface area contributed by atoms with Gasteiger partial charge in [0, 0.05) is 23.6 Å². The lowest BCUT2D eigenvalue weighted by Crippen LogP contribution is -2.00. The van der Waals surface area contributed by atoms with Crippen molar-refractivity contribution in [2.75, 3.05) is 5.73 Å². The Kier molecular flexibility index (Phi) is 3.05. The van der Waals surface area contributed by atoms with Crippen LogP contribution in [-0.2, 0) is 11.2 Å². The summed E-state index contributed by atoms with van der Waals surface area (Å²) in [6.45, 7) is 0. The number of hydrogen-bond acceptors (Lipinski definition) is 3. The van der Waals surface area contributed by atoms with Crippen molar-refractivity contribution in [2.24, 2.45) is 0 Å². The molecule has 0 atom stereocenters. The summed E-state index contributed by atoms with van der Waals surface area (Å²) >= 11 is 0. The van der Waals surface area contributed by atoms with Crippen LogP contribution in [0.15, 0.2) is 42.7 Å². The number of rotatable bonds is 3. The molecule has 0 amide bonds. The predicted molar refractivity (Wildman–Crippen MR) is 65.4 cm³/mol. The van der Waals surface area contributed by atoms with E-state index in [1.165, 1.54) is 0 Å². The van der Waals surface area contributed by atoms with Crippen LogP contribution in [0.4, 0.5) is 5.69 Å². The Morgan fingerprint density at radius 3 is 2.88 bits per heavy atom. The van der Waals surface area contributed by atoms with Gasteiger partial charge in [0.1, 0.15) is 0 Å². The number of nitrogens with two attached hydrogens (primary N) is 1. The van der Waals surface area contributed by atoms with Gasteiger partial charge >= 0.3 is 5.97 Å². The fraction of sp³-hybridized carbons (Fsp3) is 0.0769. The van der Waals surface area contributed by atoms with E-state index in [2.05, 4.69) is 4.98 Å². The third-order valence-corrected chi connectivity index (χ3v) is 2.45. The summed E-state index contributed by atoms with van der Waals surface area (Å²) in [6.07, 6.45) is 3.31. The van der Waals surface area contributed by atoms with Crippen LogP contribution in [0, 0.1) is 0 Å². The van der Waals surface area contributed by atoms with Crippen LogP contribution in [0.2, 0.25) is 0 Å². The molecular formula is C13H12N2O2. The lowest BCUT2D eigenvalue weighted by atomic mass is 10.0. The van der Waals surface area contributed by atoms with Gasteiger partial charge in [-0.2, -0.15) is 0 Å².